The van der Waals surface area contributed by atoms with Crippen LogP contribution in [0.2, 0.25) is 0 Å². The van der Waals surface area contributed by atoms with Crippen molar-refractivity contribution in [1.82, 2.24) is 4.72 Å². The lowest BCUT2D eigenvalue weighted by molar-refractivity contribution is 0.0500. The molecule has 7 heteroatoms. The minimum absolute atomic E-state index is 0.0938. The molecule has 0 heterocycles. The SMILES string of the molecule is COc1ccc(C(=O)OCCCc2ccccc2)cc1S(=O)(=O)NC(C)(C)C. The summed E-state index contributed by atoms with van der Waals surface area (Å²) in [6.07, 6.45) is 1.48. The highest BCUT2D eigenvalue weighted by molar-refractivity contribution is 7.89. The van der Waals surface area contributed by atoms with Gasteiger partial charge in [0.15, 0.2) is 0 Å². The van der Waals surface area contributed by atoms with Gasteiger partial charge in [0.05, 0.1) is 19.3 Å². The third-order valence-corrected chi connectivity index (χ3v) is 5.59. The van der Waals surface area contributed by atoms with E-state index in [1.807, 2.05) is 30.3 Å². The van der Waals surface area contributed by atoms with E-state index in [1.54, 1.807) is 20.8 Å². The highest BCUT2D eigenvalue weighted by Crippen LogP contribution is 2.26. The smallest absolute Gasteiger partial charge is 0.338 e. The molecular weight excluding hydrogens is 378 g/mol. The van der Waals surface area contributed by atoms with Gasteiger partial charge in [0, 0.05) is 5.54 Å². The molecular formula is C21H27NO5S. The second-order valence-electron chi connectivity index (χ2n) is 7.45. The summed E-state index contributed by atoms with van der Waals surface area (Å²) in [5.41, 5.74) is 0.664. The van der Waals surface area contributed by atoms with Gasteiger partial charge in [0.2, 0.25) is 10.0 Å². The molecule has 28 heavy (non-hydrogen) atoms. The first kappa shape index (κ1) is 21.9. The van der Waals surface area contributed by atoms with Crippen LogP contribution in [0.5, 0.6) is 5.75 Å². The molecule has 0 spiro atoms. The molecule has 0 bridgehead atoms. The van der Waals surface area contributed by atoms with Gasteiger partial charge in [-0.1, -0.05) is 30.3 Å². The van der Waals surface area contributed by atoms with Crippen LogP contribution in [-0.2, 0) is 21.2 Å². The molecule has 1 N–H and O–H groups in total. The topological polar surface area (TPSA) is 81.7 Å². The molecule has 2 aromatic rings. The van der Waals surface area contributed by atoms with Crippen molar-refractivity contribution >= 4 is 16.0 Å². The molecule has 0 unspecified atom stereocenters. The molecule has 152 valence electrons. The van der Waals surface area contributed by atoms with Crippen molar-refractivity contribution < 1.29 is 22.7 Å². The van der Waals surface area contributed by atoms with Gasteiger partial charge >= 0.3 is 5.97 Å². The minimum Gasteiger partial charge on any atom is -0.495 e. The third-order valence-electron chi connectivity index (χ3n) is 3.82. The Labute approximate surface area is 166 Å². The summed E-state index contributed by atoms with van der Waals surface area (Å²) in [5.74, 6) is -0.402. The van der Waals surface area contributed by atoms with E-state index >= 15 is 0 Å². The van der Waals surface area contributed by atoms with Gasteiger partial charge in [-0.05, 0) is 57.4 Å². The lowest BCUT2D eigenvalue weighted by atomic mass is 10.1. The maximum Gasteiger partial charge on any atom is 0.338 e. The zero-order valence-corrected chi connectivity index (χ0v) is 17.5. The van der Waals surface area contributed by atoms with Crippen molar-refractivity contribution in [1.29, 1.82) is 0 Å². The molecule has 0 aliphatic carbocycles. The standard InChI is InChI=1S/C21H27NO5S/c1-21(2,3)22-28(24,25)19-15-17(12-13-18(19)26-4)20(23)27-14-8-11-16-9-6-5-7-10-16/h5-7,9-10,12-13,15,22H,8,11,14H2,1-4H3. The maximum absolute atomic E-state index is 12.7. The van der Waals surface area contributed by atoms with Gasteiger partial charge in [-0.15, -0.1) is 0 Å². The van der Waals surface area contributed by atoms with Crippen molar-refractivity contribution in [2.24, 2.45) is 0 Å². The molecule has 0 radical (unpaired) electrons. The number of nitrogens with one attached hydrogen (secondary N) is 1. The molecule has 0 saturated carbocycles. The number of hydrogen-bond donors (Lipinski definition) is 1. The van der Waals surface area contributed by atoms with Crippen molar-refractivity contribution in [2.75, 3.05) is 13.7 Å². The molecule has 0 saturated heterocycles. The normalized spacial score (nSPS) is 11.9. The molecule has 0 aliphatic rings. The summed E-state index contributed by atoms with van der Waals surface area (Å²) in [6.45, 7) is 5.47. The zero-order chi connectivity index (χ0) is 20.8. The van der Waals surface area contributed by atoms with Crippen LogP contribution in [0.3, 0.4) is 0 Å². The molecule has 6 nitrogen and oxygen atoms in total. The number of sulfonamides is 1. The van der Waals surface area contributed by atoms with Crippen LogP contribution in [-0.4, -0.2) is 33.6 Å². The van der Waals surface area contributed by atoms with E-state index in [0.717, 1.165) is 6.42 Å². The Balaban J connectivity index is 2.08. The Hall–Kier alpha value is -2.38. The fourth-order valence-electron chi connectivity index (χ4n) is 2.64. The Morgan fingerprint density at radius 1 is 1.07 bits per heavy atom. The monoisotopic (exact) mass is 405 g/mol. The summed E-state index contributed by atoms with van der Waals surface area (Å²) >= 11 is 0. The summed E-state index contributed by atoms with van der Waals surface area (Å²) in [4.78, 5) is 12.2. The first-order chi connectivity index (χ1) is 13.1. The number of carbonyl (C=O) groups is 1. The van der Waals surface area contributed by atoms with E-state index in [4.69, 9.17) is 9.47 Å². The number of esters is 1. The van der Waals surface area contributed by atoms with E-state index in [9.17, 15) is 13.2 Å². The number of carbonyl (C=O) groups excluding carboxylic acids is 1. The molecule has 0 atom stereocenters. The van der Waals surface area contributed by atoms with Gasteiger partial charge < -0.3 is 9.47 Å². The number of methoxy groups -OCH3 is 1. The van der Waals surface area contributed by atoms with Crippen LogP contribution in [0.25, 0.3) is 0 Å². The molecule has 0 fully saturated rings. The van der Waals surface area contributed by atoms with E-state index in [1.165, 1.54) is 30.9 Å². The minimum atomic E-state index is -3.86. The molecule has 0 aromatic heterocycles. The third kappa shape index (κ3) is 6.35. The van der Waals surface area contributed by atoms with Crippen LogP contribution in [0.4, 0.5) is 0 Å². The second-order valence-corrected chi connectivity index (χ2v) is 9.10. The number of ether oxygens (including phenoxy) is 2. The van der Waals surface area contributed by atoms with Crippen molar-refractivity contribution in [3.05, 3.63) is 59.7 Å². The Morgan fingerprint density at radius 2 is 1.75 bits per heavy atom. The fraction of sp³-hybridized carbons (Fsp3) is 0.381. The Bertz CT molecular complexity index is 902. The number of benzene rings is 2. The average Bonchev–Trinajstić information content (AvgIpc) is 2.63. The molecule has 2 rings (SSSR count). The number of hydrogen-bond acceptors (Lipinski definition) is 5. The van der Waals surface area contributed by atoms with E-state index < -0.39 is 21.5 Å². The van der Waals surface area contributed by atoms with E-state index in [0.29, 0.717) is 6.42 Å². The second kappa shape index (κ2) is 9.21. The van der Waals surface area contributed by atoms with Crippen molar-refractivity contribution in [3.8, 4) is 5.75 Å². The number of rotatable bonds is 8. The summed E-state index contributed by atoms with van der Waals surface area (Å²) < 4.78 is 38.4. The highest BCUT2D eigenvalue weighted by Gasteiger charge is 2.26. The molecule has 0 amide bonds. The van der Waals surface area contributed by atoms with Crippen LogP contribution in [0.1, 0.15) is 43.1 Å². The maximum atomic E-state index is 12.7. The first-order valence-corrected chi connectivity index (χ1v) is 10.5. The predicted molar refractivity (Wildman–Crippen MR) is 108 cm³/mol. The fourth-order valence-corrected chi connectivity index (χ4v) is 4.26. The zero-order valence-electron chi connectivity index (χ0n) is 16.7. The van der Waals surface area contributed by atoms with Crippen LogP contribution in [0.15, 0.2) is 53.4 Å². The summed E-state index contributed by atoms with van der Waals surface area (Å²) in [6, 6.07) is 14.2. The lowest BCUT2D eigenvalue weighted by Crippen LogP contribution is -2.40. The van der Waals surface area contributed by atoms with Crippen LogP contribution >= 0.6 is 0 Å². The molecule has 2 aromatic carbocycles. The largest absolute Gasteiger partial charge is 0.495 e. The van der Waals surface area contributed by atoms with Crippen LogP contribution < -0.4 is 9.46 Å². The van der Waals surface area contributed by atoms with Gasteiger partial charge in [-0.3, -0.25) is 0 Å². The lowest BCUT2D eigenvalue weighted by Gasteiger charge is -2.21. The van der Waals surface area contributed by atoms with Gasteiger partial charge in [0.25, 0.3) is 0 Å². The van der Waals surface area contributed by atoms with Gasteiger partial charge in [-0.2, -0.15) is 0 Å². The van der Waals surface area contributed by atoms with E-state index in [-0.39, 0.29) is 22.8 Å². The first-order valence-electron chi connectivity index (χ1n) is 9.05. The number of aryl methyl sites for hydroxylation is 1. The van der Waals surface area contributed by atoms with Crippen LogP contribution in [0, 0.1) is 0 Å². The van der Waals surface area contributed by atoms with Crippen molar-refractivity contribution in [3.63, 3.8) is 0 Å². The van der Waals surface area contributed by atoms with E-state index in [2.05, 4.69) is 4.72 Å². The Kier molecular flexibility index (Phi) is 7.21. The Morgan fingerprint density at radius 3 is 2.36 bits per heavy atom. The average molecular weight is 406 g/mol. The highest BCUT2D eigenvalue weighted by atomic mass is 32.2. The summed E-state index contributed by atoms with van der Waals surface area (Å²) in [7, 11) is -2.48. The summed E-state index contributed by atoms with van der Waals surface area (Å²) in [5, 5.41) is 0. The predicted octanol–water partition coefficient (Wildman–Crippen LogP) is 3.56. The van der Waals surface area contributed by atoms with Crippen molar-refractivity contribution in [2.45, 2.75) is 44.0 Å². The molecule has 0 aliphatic heterocycles. The van der Waals surface area contributed by atoms with Gasteiger partial charge in [-0.25, -0.2) is 17.9 Å². The van der Waals surface area contributed by atoms with Gasteiger partial charge in [0.1, 0.15) is 10.6 Å². The quantitative estimate of drug-likeness (QED) is 0.536.